The Bertz CT molecular complexity index is 1960. The third kappa shape index (κ3) is 43.0. The van der Waals surface area contributed by atoms with E-state index in [1.807, 2.05) is 6.08 Å². The van der Waals surface area contributed by atoms with Gasteiger partial charge in [0.2, 0.25) is 5.91 Å². The quantitative estimate of drug-likeness (QED) is 0.0199. The second-order valence-electron chi connectivity index (χ2n) is 29.9. The number of aliphatic hydroxyl groups excluding tert-OH is 11. The fourth-order valence-corrected chi connectivity index (χ4v) is 14.2. The molecule has 0 aromatic carbocycles. The van der Waals surface area contributed by atoms with Crippen LogP contribution in [0.1, 0.15) is 348 Å². The number of carbonyl (C=O) groups is 1. The zero-order valence-corrected chi connectivity index (χ0v) is 63.7. The minimum absolute atomic E-state index is 0.236. The summed E-state index contributed by atoms with van der Waals surface area (Å²) in [6, 6.07) is -0.996. The molecule has 17 unspecified atom stereocenters. The fourth-order valence-electron chi connectivity index (χ4n) is 14.2. The Balaban J connectivity index is 1.38. The number of nitrogens with one attached hydrogen (secondary N) is 1. The van der Waals surface area contributed by atoms with Crippen LogP contribution in [0.5, 0.6) is 0 Å². The van der Waals surface area contributed by atoms with E-state index in [0.717, 1.165) is 44.9 Å². The Hall–Kier alpha value is -1.99. The summed E-state index contributed by atoms with van der Waals surface area (Å²) in [7, 11) is 0. The molecule has 3 aliphatic rings. The molecule has 3 heterocycles. The van der Waals surface area contributed by atoms with Gasteiger partial charge in [-0.2, -0.15) is 0 Å². The van der Waals surface area contributed by atoms with Crippen LogP contribution in [0.15, 0.2) is 36.5 Å². The lowest BCUT2D eigenvalue weighted by atomic mass is 9.96. The first-order valence-electron chi connectivity index (χ1n) is 41.7. The molecule has 0 aliphatic carbocycles. The van der Waals surface area contributed by atoms with Crippen LogP contribution in [-0.2, 0) is 33.2 Å². The lowest BCUT2D eigenvalue weighted by Crippen LogP contribution is -2.66. The number of allylic oxidation sites excluding steroid dienone is 5. The Kier molecular flexibility index (Phi) is 58.1. The molecule has 0 bridgehead atoms. The Morgan fingerprint density at radius 3 is 0.990 bits per heavy atom. The first kappa shape index (κ1) is 93.2. The average molecular weight is 1440 g/mol. The molecule has 19 heteroatoms. The molecule has 101 heavy (non-hydrogen) atoms. The summed E-state index contributed by atoms with van der Waals surface area (Å²) < 4.78 is 34.4. The molecule has 0 spiro atoms. The monoisotopic (exact) mass is 1440 g/mol. The Labute approximate surface area is 612 Å². The Morgan fingerprint density at radius 2 is 0.634 bits per heavy atom. The topological polar surface area (TPSA) is 307 Å². The molecular weight excluding hydrogens is 1290 g/mol. The van der Waals surface area contributed by atoms with Crippen LogP contribution >= 0.6 is 0 Å². The predicted octanol–water partition coefficient (Wildman–Crippen LogP) is 14.3. The van der Waals surface area contributed by atoms with Crippen molar-refractivity contribution in [2.75, 3.05) is 26.4 Å². The van der Waals surface area contributed by atoms with Crippen molar-refractivity contribution in [2.24, 2.45) is 0 Å². The van der Waals surface area contributed by atoms with Crippen molar-refractivity contribution in [3.8, 4) is 0 Å². The zero-order valence-electron chi connectivity index (χ0n) is 63.7. The van der Waals surface area contributed by atoms with Crippen molar-refractivity contribution in [3.63, 3.8) is 0 Å². The van der Waals surface area contributed by atoms with Gasteiger partial charge in [-0.25, -0.2) is 0 Å². The minimum Gasteiger partial charge on any atom is -0.394 e. The first-order chi connectivity index (χ1) is 49.3. The summed E-state index contributed by atoms with van der Waals surface area (Å²) in [4.78, 5) is 13.5. The molecule has 19 nitrogen and oxygen atoms in total. The highest BCUT2D eigenvalue weighted by Crippen LogP contribution is 2.33. The van der Waals surface area contributed by atoms with E-state index in [-0.39, 0.29) is 18.9 Å². The second-order valence-corrected chi connectivity index (χ2v) is 29.9. The number of carbonyl (C=O) groups excluding carboxylic acids is 1. The van der Waals surface area contributed by atoms with Crippen molar-refractivity contribution in [3.05, 3.63) is 36.5 Å². The summed E-state index contributed by atoms with van der Waals surface area (Å²) in [5, 5.41) is 121. The number of unbranched alkanes of at least 4 members (excludes halogenated alkanes) is 47. The molecule has 12 N–H and O–H groups in total. The molecule has 3 aliphatic heterocycles. The third-order valence-electron chi connectivity index (χ3n) is 20.9. The summed E-state index contributed by atoms with van der Waals surface area (Å²) >= 11 is 0. The van der Waals surface area contributed by atoms with Crippen LogP contribution < -0.4 is 5.32 Å². The summed E-state index contributed by atoms with van der Waals surface area (Å²) in [5.41, 5.74) is 0. The van der Waals surface area contributed by atoms with Crippen molar-refractivity contribution in [1.82, 2.24) is 5.32 Å². The molecule has 0 aromatic rings. The van der Waals surface area contributed by atoms with E-state index >= 15 is 0 Å². The van der Waals surface area contributed by atoms with Gasteiger partial charge >= 0.3 is 0 Å². The zero-order chi connectivity index (χ0) is 73.2. The highest BCUT2D eigenvalue weighted by molar-refractivity contribution is 5.76. The van der Waals surface area contributed by atoms with E-state index < -0.39 is 124 Å². The number of amides is 1. The number of aliphatic hydroxyl groups is 11. The van der Waals surface area contributed by atoms with Gasteiger partial charge in [-0.15, -0.1) is 0 Å². The van der Waals surface area contributed by atoms with Crippen LogP contribution in [0.2, 0.25) is 0 Å². The number of ether oxygens (including phenoxy) is 6. The van der Waals surface area contributed by atoms with E-state index in [1.54, 1.807) is 6.08 Å². The third-order valence-corrected chi connectivity index (χ3v) is 20.9. The van der Waals surface area contributed by atoms with E-state index in [4.69, 9.17) is 28.4 Å². The molecule has 3 saturated heterocycles. The summed E-state index contributed by atoms with van der Waals surface area (Å²) in [5.74, 6) is -0.282. The molecular formula is C82H153NO18. The van der Waals surface area contributed by atoms with Crippen LogP contribution in [0.3, 0.4) is 0 Å². The van der Waals surface area contributed by atoms with E-state index in [2.05, 4.69) is 43.5 Å². The lowest BCUT2D eigenvalue weighted by Gasteiger charge is -2.48. The van der Waals surface area contributed by atoms with Gasteiger partial charge in [-0.05, 0) is 44.9 Å². The van der Waals surface area contributed by atoms with Crippen LogP contribution in [0.4, 0.5) is 0 Å². The predicted molar refractivity (Wildman–Crippen MR) is 402 cm³/mol. The van der Waals surface area contributed by atoms with E-state index in [1.165, 1.54) is 270 Å². The molecule has 3 rings (SSSR count). The molecule has 594 valence electrons. The second kappa shape index (κ2) is 63.0. The highest BCUT2D eigenvalue weighted by atomic mass is 16.8. The minimum atomic E-state index is -1.98. The van der Waals surface area contributed by atoms with E-state index in [9.17, 15) is 61.0 Å². The van der Waals surface area contributed by atoms with Crippen molar-refractivity contribution in [2.45, 2.75) is 452 Å². The van der Waals surface area contributed by atoms with Gasteiger partial charge in [0.15, 0.2) is 18.9 Å². The van der Waals surface area contributed by atoms with Crippen molar-refractivity contribution in [1.29, 1.82) is 0 Å². The molecule has 1 amide bonds. The van der Waals surface area contributed by atoms with Gasteiger partial charge in [-0.1, -0.05) is 333 Å². The maximum atomic E-state index is 13.5. The lowest BCUT2D eigenvalue weighted by molar-refractivity contribution is -0.379. The molecule has 0 aromatic heterocycles. The van der Waals surface area contributed by atoms with Crippen LogP contribution in [0.25, 0.3) is 0 Å². The summed E-state index contributed by atoms with van der Waals surface area (Å²) in [6.45, 7) is 1.77. The van der Waals surface area contributed by atoms with Gasteiger partial charge in [0.05, 0.1) is 38.6 Å². The fraction of sp³-hybridized carbons (Fsp3) is 0.915. The smallest absolute Gasteiger partial charge is 0.220 e. The maximum Gasteiger partial charge on any atom is 0.220 e. The van der Waals surface area contributed by atoms with Gasteiger partial charge < -0.3 is 89.9 Å². The van der Waals surface area contributed by atoms with Crippen LogP contribution in [0, 0.1) is 0 Å². The molecule has 3 fully saturated rings. The summed E-state index contributed by atoms with van der Waals surface area (Å²) in [6.07, 6.45) is 51.5. The normalized spacial score (nSPS) is 26.4. The van der Waals surface area contributed by atoms with Gasteiger partial charge in [-0.3, -0.25) is 4.79 Å². The van der Waals surface area contributed by atoms with Crippen molar-refractivity contribution < 1.29 is 89.4 Å². The standard InChI is InChI=1S/C82H153NO18/c1-3-5-7-9-11-13-15-17-19-21-23-25-27-29-30-31-32-33-34-35-36-37-39-41-43-45-47-49-51-53-55-57-59-66(87)65(83-70(88)60-58-56-54-52-50-48-46-44-42-40-38-28-26-24-22-20-18-16-14-12-10-8-6-4-2)64-96-80-76(94)73(91)78(68(62-85)98-80)101-82-77(95)74(92)79(69(63-86)99-82)100-81-75(93)72(90)71(89)67(61-84)97-81/h41,43,49,51,57,59,65-69,71-82,84-87,89-95H,3-40,42,44-48,50,52-56,58,60-64H2,1-2H3,(H,83,88)/b43-41+,51-49+,59-57+. The van der Waals surface area contributed by atoms with Gasteiger partial charge in [0.1, 0.15) is 73.2 Å². The van der Waals surface area contributed by atoms with Gasteiger partial charge in [0.25, 0.3) is 0 Å². The number of rotatable bonds is 67. The van der Waals surface area contributed by atoms with E-state index in [0.29, 0.717) is 12.8 Å². The SMILES string of the molecule is CCCCCCCCCCCCCCCCCCCCCCCC/C=C/CC/C=C/CC/C=C/C(O)C(COC1OC(CO)C(OC2OC(CO)C(OC3OC(CO)C(O)C(O)C3O)C(O)C2O)C(O)C1O)NC(=O)CCCCCCCCCCCCCCCCCCCCCCCCCC. The number of hydrogen-bond acceptors (Lipinski definition) is 18. The average Bonchev–Trinajstić information content (AvgIpc) is 0.792. The highest BCUT2D eigenvalue weighted by Gasteiger charge is 2.54. The number of hydrogen-bond donors (Lipinski definition) is 12. The molecule has 0 radical (unpaired) electrons. The maximum absolute atomic E-state index is 13.5. The largest absolute Gasteiger partial charge is 0.394 e. The first-order valence-corrected chi connectivity index (χ1v) is 41.7. The molecule has 0 saturated carbocycles. The Morgan fingerprint density at radius 1 is 0.347 bits per heavy atom. The van der Waals surface area contributed by atoms with Gasteiger partial charge in [0, 0.05) is 6.42 Å². The van der Waals surface area contributed by atoms with Crippen LogP contribution in [-0.4, -0.2) is 193 Å². The molecule has 17 atom stereocenters. The van der Waals surface area contributed by atoms with Crippen molar-refractivity contribution >= 4 is 5.91 Å².